The van der Waals surface area contributed by atoms with Crippen LogP contribution in [0.3, 0.4) is 0 Å². The van der Waals surface area contributed by atoms with E-state index in [-0.39, 0.29) is 6.04 Å². The molecule has 0 saturated carbocycles. The zero-order chi connectivity index (χ0) is 16.5. The second kappa shape index (κ2) is 6.36. The van der Waals surface area contributed by atoms with Crippen LogP contribution in [0.2, 0.25) is 0 Å². The van der Waals surface area contributed by atoms with Gasteiger partial charge in [0.15, 0.2) is 11.5 Å². The maximum absolute atomic E-state index is 13.9. The molecule has 1 aliphatic heterocycles. The molecule has 4 heterocycles. The molecule has 3 aromatic heterocycles. The van der Waals surface area contributed by atoms with Crippen molar-refractivity contribution in [1.82, 2.24) is 35.1 Å². The van der Waals surface area contributed by atoms with Gasteiger partial charge >= 0.3 is 0 Å². The first-order chi connectivity index (χ1) is 11.7. The molecule has 0 bridgehead atoms. The number of thiazole rings is 1. The molecule has 1 fully saturated rings. The summed E-state index contributed by atoms with van der Waals surface area (Å²) in [5, 5.41) is 18.6. The van der Waals surface area contributed by atoms with E-state index in [1.54, 1.807) is 17.5 Å². The first kappa shape index (κ1) is 15.3. The zero-order valence-electron chi connectivity index (χ0n) is 13.2. The van der Waals surface area contributed by atoms with Crippen molar-refractivity contribution in [3.63, 3.8) is 0 Å². The van der Waals surface area contributed by atoms with Crippen molar-refractivity contribution in [3.8, 4) is 0 Å². The molecule has 4 rings (SSSR count). The topological polar surface area (TPSA) is 75.3 Å². The van der Waals surface area contributed by atoms with Gasteiger partial charge in [0.25, 0.3) is 0 Å². The average molecular weight is 348 g/mol. The molecule has 0 radical (unpaired) electrons. The van der Waals surface area contributed by atoms with Crippen molar-refractivity contribution in [2.45, 2.75) is 25.2 Å². The van der Waals surface area contributed by atoms with E-state index in [0.29, 0.717) is 31.7 Å². The van der Waals surface area contributed by atoms with Crippen molar-refractivity contribution in [3.05, 3.63) is 28.7 Å². The van der Waals surface area contributed by atoms with E-state index >= 15 is 0 Å². The zero-order valence-corrected chi connectivity index (χ0v) is 14.0. The molecule has 0 unspecified atom stereocenters. The number of nitrogens with zero attached hydrogens (tertiary/aromatic N) is 8. The molecule has 8 nitrogen and oxygen atoms in total. The molecule has 2 atom stereocenters. The smallest absolute Gasteiger partial charge is 0.200 e. The molecule has 0 spiro atoms. The van der Waals surface area contributed by atoms with Gasteiger partial charge in [0, 0.05) is 37.8 Å². The highest BCUT2D eigenvalue weighted by Crippen LogP contribution is 2.25. The Bertz CT molecular complexity index is 806. The number of likely N-dealkylation sites (N-methyl/N-ethyl adjacent to an activating group) is 1. The van der Waals surface area contributed by atoms with E-state index in [1.807, 2.05) is 29.5 Å². The molecule has 0 amide bonds. The molecule has 24 heavy (non-hydrogen) atoms. The number of hydrogen-bond donors (Lipinski definition) is 0. The fourth-order valence-corrected chi connectivity index (χ4v) is 3.71. The summed E-state index contributed by atoms with van der Waals surface area (Å²) in [4.78, 5) is 8.48. The van der Waals surface area contributed by atoms with Crippen LogP contribution in [0.5, 0.6) is 0 Å². The molecular weight excluding hydrogens is 331 g/mol. The van der Waals surface area contributed by atoms with E-state index in [2.05, 4.69) is 30.5 Å². The minimum atomic E-state index is -0.793. The molecule has 0 aromatic carbocycles. The number of tetrazole rings is 1. The van der Waals surface area contributed by atoms with Crippen molar-refractivity contribution < 1.29 is 4.39 Å². The van der Waals surface area contributed by atoms with Crippen LogP contribution in [-0.2, 0) is 6.54 Å². The number of alkyl halides is 1. The number of fused-ring (bicyclic) bond motifs is 1. The van der Waals surface area contributed by atoms with Gasteiger partial charge in [-0.25, -0.2) is 9.37 Å². The van der Waals surface area contributed by atoms with Gasteiger partial charge in [0.05, 0.1) is 6.54 Å². The largest absolute Gasteiger partial charge is 0.357 e. The van der Waals surface area contributed by atoms with E-state index in [0.717, 1.165) is 10.8 Å². The number of hydrogen-bond acceptors (Lipinski definition) is 8. The first-order valence-electron chi connectivity index (χ1n) is 7.72. The molecule has 1 aliphatic rings. The summed E-state index contributed by atoms with van der Waals surface area (Å²) in [5.41, 5.74) is 0.599. The third kappa shape index (κ3) is 3.06. The van der Waals surface area contributed by atoms with Crippen LogP contribution < -0.4 is 4.90 Å². The summed E-state index contributed by atoms with van der Waals surface area (Å²) in [6, 6.07) is 3.82. The molecule has 0 N–H and O–H groups in total. The lowest BCUT2D eigenvalue weighted by Gasteiger charge is -2.28. The minimum Gasteiger partial charge on any atom is -0.357 e. The van der Waals surface area contributed by atoms with Gasteiger partial charge in [-0.15, -0.1) is 26.2 Å². The van der Waals surface area contributed by atoms with Gasteiger partial charge in [0.2, 0.25) is 0 Å². The molecule has 126 valence electrons. The normalized spacial score (nSPS) is 21.6. The minimum absolute atomic E-state index is 0.125. The van der Waals surface area contributed by atoms with Crippen LogP contribution in [-0.4, -0.2) is 67.5 Å². The Hall–Kier alpha value is -2.20. The second-order valence-electron chi connectivity index (χ2n) is 5.94. The van der Waals surface area contributed by atoms with Gasteiger partial charge in [-0.3, -0.25) is 4.90 Å². The van der Waals surface area contributed by atoms with Gasteiger partial charge < -0.3 is 4.90 Å². The highest BCUT2D eigenvalue weighted by molar-refractivity contribution is 7.09. The summed E-state index contributed by atoms with van der Waals surface area (Å²) in [6.07, 6.45) is 1.52. The van der Waals surface area contributed by atoms with E-state index in [1.165, 1.54) is 4.63 Å². The highest BCUT2D eigenvalue weighted by atomic mass is 32.1. The standard InChI is InChI=1S/C14H17FN8S/c1-21(13-3-2-12-17-19-20-23(12)18-13)8-11-6-10(15)7-22(11)9-14-16-4-5-24-14/h2-5,10-11H,6-9H2,1H3/t10-,11-/m0/s1. The monoisotopic (exact) mass is 348 g/mol. The Morgan fingerprint density at radius 1 is 1.42 bits per heavy atom. The quantitative estimate of drug-likeness (QED) is 0.681. The van der Waals surface area contributed by atoms with Gasteiger partial charge in [0.1, 0.15) is 11.2 Å². The Morgan fingerprint density at radius 3 is 3.17 bits per heavy atom. The summed E-state index contributed by atoms with van der Waals surface area (Å²) in [7, 11) is 1.95. The second-order valence-corrected chi connectivity index (χ2v) is 6.92. The third-order valence-electron chi connectivity index (χ3n) is 4.23. The number of aromatic nitrogens is 6. The maximum atomic E-state index is 13.9. The summed E-state index contributed by atoms with van der Waals surface area (Å²) >= 11 is 1.60. The van der Waals surface area contributed by atoms with Gasteiger partial charge in [-0.05, 0) is 29.0 Å². The van der Waals surface area contributed by atoms with Crippen LogP contribution in [0.25, 0.3) is 5.65 Å². The van der Waals surface area contributed by atoms with Gasteiger partial charge in [-0.2, -0.15) is 0 Å². The van der Waals surface area contributed by atoms with Crippen molar-refractivity contribution in [1.29, 1.82) is 0 Å². The summed E-state index contributed by atoms with van der Waals surface area (Å²) in [5.74, 6) is 0.756. The van der Waals surface area contributed by atoms with E-state index in [9.17, 15) is 4.39 Å². The number of likely N-dealkylation sites (tertiary alicyclic amines) is 1. The van der Waals surface area contributed by atoms with Crippen LogP contribution >= 0.6 is 11.3 Å². The third-order valence-corrected chi connectivity index (χ3v) is 4.99. The highest BCUT2D eigenvalue weighted by Gasteiger charge is 2.33. The first-order valence-corrected chi connectivity index (χ1v) is 8.60. The number of anilines is 1. The van der Waals surface area contributed by atoms with E-state index < -0.39 is 6.17 Å². The van der Waals surface area contributed by atoms with Gasteiger partial charge in [-0.1, -0.05) is 0 Å². The maximum Gasteiger partial charge on any atom is 0.200 e. The van der Waals surface area contributed by atoms with Crippen LogP contribution in [0.4, 0.5) is 10.2 Å². The van der Waals surface area contributed by atoms with Crippen LogP contribution in [0.1, 0.15) is 11.4 Å². The van der Waals surface area contributed by atoms with Crippen LogP contribution in [0.15, 0.2) is 23.7 Å². The molecule has 1 saturated heterocycles. The SMILES string of the molecule is CN(C[C@@H]1C[C@H](F)CN1Cc1nccs1)c1ccc2nnnn2n1. The van der Waals surface area contributed by atoms with Crippen molar-refractivity contribution >= 4 is 22.8 Å². The van der Waals surface area contributed by atoms with E-state index in [4.69, 9.17) is 0 Å². The molecule has 3 aromatic rings. The Morgan fingerprint density at radius 2 is 2.33 bits per heavy atom. The fourth-order valence-electron chi connectivity index (χ4n) is 3.06. The Balaban J connectivity index is 1.47. The predicted molar refractivity (Wildman–Crippen MR) is 87.7 cm³/mol. The Kier molecular flexibility index (Phi) is 4.07. The average Bonchev–Trinajstić information content (AvgIpc) is 3.29. The molecule has 0 aliphatic carbocycles. The van der Waals surface area contributed by atoms with Crippen molar-refractivity contribution in [2.24, 2.45) is 0 Å². The molecule has 10 heteroatoms. The molecular formula is C14H17FN8S. The lowest BCUT2D eigenvalue weighted by atomic mass is 10.2. The number of rotatable bonds is 5. The lowest BCUT2D eigenvalue weighted by Crippen LogP contribution is -2.39. The fraction of sp³-hybridized carbons (Fsp3) is 0.500. The lowest BCUT2D eigenvalue weighted by molar-refractivity contribution is 0.237. The van der Waals surface area contributed by atoms with Crippen molar-refractivity contribution in [2.75, 3.05) is 25.0 Å². The predicted octanol–water partition coefficient (Wildman–Crippen LogP) is 1.02. The summed E-state index contributed by atoms with van der Waals surface area (Å²) < 4.78 is 15.3. The van der Waals surface area contributed by atoms with Crippen LogP contribution in [0, 0.1) is 0 Å². The summed E-state index contributed by atoms with van der Waals surface area (Å²) in [6.45, 7) is 1.83. The Labute approximate surface area is 141 Å². The number of halogens is 1.